The van der Waals surface area contributed by atoms with Crippen LogP contribution in [0.15, 0.2) is 47.4 Å². The van der Waals surface area contributed by atoms with E-state index in [-0.39, 0.29) is 6.10 Å². The van der Waals surface area contributed by atoms with Gasteiger partial charge in [-0.3, -0.25) is 0 Å². The van der Waals surface area contributed by atoms with Crippen molar-refractivity contribution in [3.05, 3.63) is 64.2 Å². The van der Waals surface area contributed by atoms with Gasteiger partial charge in [-0.2, -0.15) is 0 Å². The second kappa shape index (κ2) is 9.09. The van der Waals surface area contributed by atoms with Gasteiger partial charge in [0.05, 0.1) is 6.10 Å². The van der Waals surface area contributed by atoms with Crippen LogP contribution in [0.4, 0.5) is 0 Å². The molecule has 0 saturated carbocycles. The molecule has 2 fully saturated rings. The number of hydrogen-bond donors (Lipinski definition) is 0. The lowest BCUT2D eigenvalue weighted by atomic mass is 9.95. The van der Waals surface area contributed by atoms with Gasteiger partial charge in [-0.1, -0.05) is 51.8 Å². The van der Waals surface area contributed by atoms with Crippen molar-refractivity contribution in [3.63, 3.8) is 0 Å². The molecule has 3 aliphatic rings. The van der Waals surface area contributed by atoms with Crippen molar-refractivity contribution in [2.24, 2.45) is 0 Å². The smallest absolute Gasteiger partial charge is 0.109 e. The second-order valence-electron chi connectivity index (χ2n) is 7.83. The van der Waals surface area contributed by atoms with Crippen LogP contribution in [0.3, 0.4) is 0 Å². The van der Waals surface area contributed by atoms with Gasteiger partial charge in [-0.25, -0.2) is 0 Å². The molecule has 4 atom stereocenters. The number of nitrogens with zero attached hydrogens (tertiary/aromatic N) is 1. The molecule has 2 nitrogen and oxygen atoms in total. The van der Waals surface area contributed by atoms with Gasteiger partial charge in [0, 0.05) is 33.3 Å². The fraction of sp³-hybridized carbons (Fsp3) is 0.478. The minimum Gasteiger partial charge on any atom is -0.365 e. The third kappa shape index (κ3) is 4.04. The molecule has 0 aromatic heterocycles. The van der Waals surface area contributed by atoms with Crippen molar-refractivity contribution in [1.29, 1.82) is 0 Å². The molecule has 5 heteroatoms. The highest BCUT2D eigenvalue weighted by molar-refractivity contribution is 9.08. The van der Waals surface area contributed by atoms with Crippen LogP contribution in [-0.4, -0.2) is 36.0 Å². The first-order chi connectivity index (χ1) is 13.7. The number of alkyl halides is 1. The number of piperidine rings is 1. The first kappa shape index (κ1) is 20.7. The maximum atomic E-state index is 6.85. The monoisotopic (exact) mass is 479 g/mol. The van der Waals surface area contributed by atoms with Crippen LogP contribution in [0.1, 0.15) is 48.5 Å². The molecular weight excluding hydrogens is 454 g/mol. The van der Waals surface area contributed by atoms with Gasteiger partial charge in [0.1, 0.15) is 6.10 Å². The lowest BCUT2D eigenvalue weighted by Gasteiger charge is -2.38. The maximum absolute atomic E-state index is 6.85. The van der Waals surface area contributed by atoms with E-state index < -0.39 is 0 Å². The van der Waals surface area contributed by atoms with E-state index in [0.717, 1.165) is 23.6 Å². The molecular formula is C23H27BrClNOS. The zero-order chi connectivity index (χ0) is 19.7. The minimum absolute atomic E-state index is 0.0114. The highest BCUT2D eigenvalue weighted by Gasteiger charge is 2.40. The fourth-order valence-corrected chi connectivity index (χ4v) is 6.16. The average molecular weight is 481 g/mol. The van der Waals surface area contributed by atoms with Gasteiger partial charge in [-0.15, -0.1) is 11.8 Å². The Morgan fingerprint density at radius 2 is 1.75 bits per heavy atom. The topological polar surface area (TPSA) is 12.5 Å². The van der Waals surface area contributed by atoms with Crippen LogP contribution in [0.5, 0.6) is 0 Å². The Bertz CT molecular complexity index is 818. The summed E-state index contributed by atoms with van der Waals surface area (Å²) in [6.45, 7) is 0. The van der Waals surface area contributed by atoms with Crippen LogP contribution < -0.4 is 0 Å². The molecule has 0 N–H and O–H groups in total. The van der Waals surface area contributed by atoms with Gasteiger partial charge in [0.15, 0.2) is 0 Å². The molecule has 2 bridgehead atoms. The summed E-state index contributed by atoms with van der Waals surface area (Å²) in [7, 11) is 2.28. The van der Waals surface area contributed by atoms with Gasteiger partial charge >= 0.3 is 0 Å². The average Bonchev–Trinajstić information content (AvgIpc) is 2.90. The van der Waals surface area contributed by atoms with Gasteiger partial charge < -0.3 is 9.64 Å². The molecule has 2 unspecified atom stereocenters. The Morgan fingerprint density at radius 3 is 2.50 bits per heavy atom. The highest BCUT2D eigenvalue weighted by atomic mass is 79.9. The van der Waals surface area contributed by atoms with Gasteiger partial charge in [0.2, 0.25) is 0 Å². The fourth-order valence-electron chi connectivity index (χ4n) is 4.91. The lowest BCUT2D eigenvalue weighted by molar-refractivity contribution is -0.0435. The molecule has 0 aliphatic carbocycles. The van der Waals surface area contributed by atoms with Crippen LogP contribution in [0, 0.1) is 0 Å². The molecule has 2 aromatic rings. The van der Waals surface area contributed by atoms with Crippen molar-refractivity contribution in [3.8, 4) is 0 Å². The standard InChI is InChI=1S/C22H24ClNOS.CH3Br/c1-24-16-7-8-17(24)12-18(11-16)25-22-19-5-3-2-4-14(19)13-26-21-9-6-15(23)10-20(21)22;1-2/h2-6,9-10,16-18,22H,7-8,11-13H2,1H3;1H3/t16-,17+,18?,22?;. The molecule has 150 valence electrons. The molecule has 3 heterocycles. The number of halogens is 2. The zero-order valence-corrected chi connectivity index (χ0v) is 19.6. The van der Waals surface area contributed by atoms with E-state index >= 15 is 0 Å². The Morgan fingerprint density at radius 1 is 1.04 bits per heavy atom. The Balaban J connectivity index is 0.000000932. The minimum atomic E-state index is -0.0114. The molecule has 28 heavy (non-hydrogen) atoms. The number of fused-ring (bicyclic) bond motifs is 4. The van der Waals surface area contributed by atoms with E-state index in [0.29, 0.717) is 18.2 Å². The molecule has 3 aliphatic heterocycles. The Hall–Kier alpha value is -0.520. The van der Waals surface area contributed by atoms with Gasteiger partial charge in [-0.05, 0) is 67.9 Å². The summed E-state index contributed by atoms with van der Waals surface area (Å²) < 4.78 is 6.85. The number of thioether (sulfide) groups is 1. The Kier molecular flexibility index (Phi) is 6.74. The van der Waals surface area contributed by atoms with Crippen LogP contribution >= 0.6 is 39.3 Å². The molecule has 0 spiro atoms. The van der Waals surface area contributed by atoms with E-state index in [2.05, 4.69) is 64.3 Å². The van der Waals surface area contributed by atoms with Crippen LogP contribution in [0.2, 0.25) is 5.02 Å². The normalized spacial score (nSPS) is 28.6. The summed E-state index contributed by atoms with van der Waals surface area (Å²) in [6, 6.07) is 16.4. The van der Waals surface area contributed by atoms with E-state index in [4.69, 9.17) is 16.3 Å². The summed E-state index contributed by atoms with van der Waals surface area (Å²) in [6.07, 6.45) is 5.25. The van der Waals surface area contributed by atoms with Crippen molar-refractivity contribution in [2.75, 3.05) is 12.9 Å². The summed E-state index contributed by atoms with van der Waals surface area (Å²) in [5.74, 6) is 2.80. The number of rotatable bonds is 2. The summed E-state index contributed by atoms with van der Waals surface area (Å²) in [5, 5.41) is 0.792. The summed E-state index contributed by atoms with van der Waals surface area (Å²) >= 11 is 11.2. The van der Waals surface area contributed by atoms with Crippen molar-refractivity contribution < 1.29 is 4.74 Å². The van der Waals surface area contributed by atoms with Crippen molar-refractivity contribution in [1.82, 2.24) is 4.90 Å². The quantitative estimate of drug-likeness (QED) is 0.444. The number of benzene rings is 2. The summed E-state index contributed by atoms with van der Waals surface area (Å²) in [4.78, 5) is 3.87. The van der Waals surface area contributed by atoms with Crippen LogP contribution in [-0.2, 0) is 10.5 Å². The zero-order valence-electron chi connectivity index (χ0n) is 16.4. The molecule has 0 amide bonds. The second-order valence-corrected chi connectivity index (χ2v) is 9.28. The predicted molar refractivity (Wildman–Crippen MR) is 123 cm³/mol. The molecule has 0 radical (unpaired) electrons. The van der Waals surface area contributed by atoms with E-state index in [1.165, 1.54) is 34.4 Å². The Labute approximate surface area is 186 Å². The third-order valence-corrected chi connectivity index (χ3v) is 7.73. The maximum Gasteiger partial charge on any atom is 0.109 e. The van der Waals surface area contributed by atoms with Crippen molar-refractivity contribution >= 4 is 39.3 Å². The SMILES string of the molecule is CBr.CN1[C@@H]2CC[C@H]1CC(OC1c3ccccc3CSc3ccc(Cl)cc31)C2. The number of ether oxygens (including phenoxy) is 1. The first-order valence-corrected chi connectivity index (χ1v) is 12.9. The van der Waals surface area contributed by atoms with Gasteiger partial charge in [0.25, 0.3) is 0 Å². The molecule has 2 saturated heterocycles. The van der Waals surface area contributed by atoms with Crippen LogP contribution in [0.25, 0.3) is 0 Å². The first-order valence-electron chi connectivity index (χ1n) is 9.94. The van der Waals surface area contributed by atoms with E-state index in [9.17, 15) is 0 Å². The highest BCUT2D eigenvalue weighted by Crippen LogP contribution is 2.45. The molecule has 2 aromatic carbocycles. The number of hydrogen-bond acceptors (Lipinski definition) is 3. The lowest BCUT2D eigenvalue weighted by Crippen LogP contribution is -2.43. The van der Waals surface area contributed by atoms with E-state index in [1.54, 1.807) is 0 Å². The predicted octanol–water partition coefficient (Wildman–Crippen LogP) is 6.69. The largest absolute Gasteiger partial charge is 0.365 e. The summed E-state index contributed by atoms with van der Waals surface area (Å²) in [5.41, 5.74) is 3.93. The molecule has 5 rings (SSSR count). The third-order valence-electron chi connectivity index (χ3n) is 6.36. The van der Waals surface area contributed by atoms with Crippen molar-refractivity contribution in [2.45, 2.75) is 60.6 Å². The van der Waals surface area contributed by atoms with E-state index in [1.807, 2.05) is 23.7 Å².